The molecule has 0 saturated carbocycles. The zero-order valence-electron chi connectivity index (χ0n) is 10.9. The van der Waals surface area contributed by atoms with Crippen molar-refractivity contribution in [2.75, 3.05) is 13.2 Å². The van der Waals surface area contributed by atoms with E-state index in [1.54, 1.807) is 4.90 Å². The molecule has 1 aromatic heterocycles. The summed E-state index contributed by atoms with van der Waals surface area (Å²) in [5, 5.41) is 13.0. The molecule has 0 aliphatic heterocycles. The van der Waals surface area contributed by atoms with E-state index in [0.29, 0.717) is 13.1 Å². The predicted molar refractivity (Wildman–Crippen MR) is 77.3 cm³/mol. The maximum Gasteiger partial charge on any atom is 0.255 e. The van der Waals surface area contributed by atoms with E-state index in [-0.39, 0.29) is 12.5 Å². The Hall–Kier alpha value is -1.65. The first-order chi connectivity index (χ1) is 9.22. The highest BCUT2D eigenvalue weighted by molar-refractivity contribution is 7.08. The maximum absolute atomic E-state index is 12.4. The van der Waals surface area contributed by atoms with E-state index >= 15 is 0 Å². The Morgan fingerprint density at radius 2 is 2.00 bits per heavy atom. The fourth-order valence-corrected chi connectivity index (χ4v) is 2.75. The smallest absolute Gasteiger partial charge is 0.255 e. The molecule has 0 spiro atoms. The number of hydrogen-bond donors (Lipinski definition) is 1. The van der Waals surface area contributed by atoms with Gasteiger partial charge in [0.25, 0.3) is 5.91 Å². The number of aliphatic hydroxyl groups excluding tert-OH is 1. The quantitative estimate of drug-likeness (QED) is 0.911. The van der Waals surface area contributed by atoms with E-state index in [4.69, 9.17) is 5.11 Å². The fraction of sp³-hybridized carbons (Fsp3) is 0.267. The highest BCUT2D eigenvalue weighted by Crippen LogP contribution is 2.17. The van der Waals surface area contributed by atoms with E-state index in [1.807, 2.05) is 48.0 Å². The number of rotatable bonds is 5. The second kappa shape index (κ2) is 6.50. The van der Waals surface area contributed by atoms with Crippen LogP contribution in [-0.2, 0) is 6.54 Å². The summed E-state index contributed by atoms with van der Waals surface area (Å²) in [6.45, 7) is 2.78. The van der Waals surface area contributed by atoms with E-state index in [2.05, 4.69) is 0 Å². The summed E-state index contributed by atoms with van der Waals surface area (Å²) in [4.78, 5) is 14.1. The molecule has 2 rings (SSSR count). The summed E-state index contributed by atoms with van der Waals surface area (Å²) in [6, 6.07) is 9.82. The minimum absolute atomic E-state index is 0.0170. The molecule has 0 aliphatic carbocycles. The molecule has 0 saturated heterocycles. The molecule has 4 heteroatoms. The highest BCUT2D eigenvalue weighted by atomic mass is 32.1. The van der Waals surface area contributed by atoms with Gasteiger partial charge in [0.2, 0.25) is 0 Å². The predicted octanol–water partition coefficient (Wildman–Crippen LogP) is 2.69. The van der Waals surface area contributed by atoms with Crippen LogP contribution in [0.25, 0.3) is 0 Å². The average Bonchev–Trinajstić information content (AvgIpc) is 2.85. The molecule has 0 aliphatic rings. The molecule has 19 heavy (non-hydrogen) atoms. The maximum atomic E-state index is 12.4. The molecule has 0 unspecified atom stereocenters. The van der Waals surface area contributed by atoms with Crippen LogP contribution in [0.1, 0.15) is 21.5 Å². The van der Waals surface area contributed by atoms with Crippen LogP contribution < -0.4 is 0 Å². The molecule has 2 aromatic rings. The fourth-order valence-electron chi connectivity index (χ4n) is 1.93. The van der Waals surface area contributed by atoms with Crippen molar-refractivity contribution in [3.63, 3.8) is 0 Å². The topological polar surface area (TPSA) is 40.5 Å². The first kappa shape index (κ1) is 13.8. The lowest BCUT2D eigenvalue weighted by Gasteiger charge is -2.22. The third kappa shape index (κ3) is 3.43. The van der Waals surface area contributed by atoms with E-state index in [9.17, 15) is 4.79 Å². The highest BCUT2D eigenvalue weighted by Gasteiger charge is 2.18. The standard InChI is InChI=1S/C15H17NO2S/c1-12-10-19-11-14(12)15(18)16(7-8-17)9-13-5-3-2-4-6-13/h2-6,10-11,17H,7-9H2,1H3. The average molecular weight is 275 g/mol. The number of carbonyl (C=O) groups is 1. The van der Waals surface area contributed by atoms with Crippen LogP contribution in [0, 0.1) is 6.92 Å². The number of benzene rings is 1. The summed E-state index contributed by atoms with van der Waals surface area (Å²) < 4.78 is 0. The Morgan fingerprint density at radius 1 is 1.26 bits per heavy atom. The van der Waals surface area contributed by atoms with Crippen molar-refractivity contribution in [1.82, 2.24) is 4.90 Å². The van der Waals surface area contributed by atoms with Gasteiger partial charge >= 0.3 is 0 Å². The Balaban J connectivity index is 2.16. The monoisotopic (exact) mass is 275 g/mol. The molecule has 0 radical (unpaired) electrons. The van der Waals surface area contributed by atoms with Gasteiger partial charge in [-0.05, 0) is 23.4 Å². The Kier molecular flexibility index (Phi) is 4.71. The number of carbonyl (C=O) groups excluding carboxylic acids is 1. The number of amides is 1. The van der Waals surface area contributed by atoms with E-state index < -0.39 is 0 Å². The minimum Gasteiger partial charge on any atom is -0.395 e. The van der Waals surface area contributed by atoms with Crippen molar-refractivity contribution in [1.29, 1.82) is 0 Å². The van der Waals surface area contributed by atoms with Gasteiger partial charge in [0.05, 0.1) is 12.2 Å². The molecule has 100 valence electrons. The largest absolute Gasteiger partial charge is 0.395 e. The number of aryl methyl sites for hydroxylation is 1. The van der Waals surface area contributed by atoms with Crippen LogP contribution in [0.2, 0.25) is 0 Å². The molecular weight excluding hydrogens is 258 g/mol. The molecule has 1 aromatic carbocycles. The van der Waals surface area contributed by atoms with Crippen molar-refractivity contribution >= 4 is 17.2 Å². The number of hydrogen-bond acceptors (Lipinski definition) is 3. The molecule has 0 bridgehead atoms. The summed E-state index contributed by atoms with van der Waals surface area (Å²) in [7, 11) is 0. The molecule has 1 heterocycles. The summed E-state index contributed by atoms with van der Waals surface area (Å²) in [5.41, 5.74) is 2.79. The lowest BCUT2D eigenvalue weighted by Crippen LogP contribution is -2.33. The lowest BCUT2D eigenvalue weighted by atomic mass is 10.1. The number of thiophene rings is 1. The van der Waals surface area contributed by atoms with Gasteiger partial charge in [-0.2, -0.15) is 11.3 Å². The van der Waals surface area contributed by atoms with Gasteiger partial charge < -0.3 is 10.0 Å². The first-order valence-corrected chi connectivity index (χ1v) is 7.13. The summed E-state index contributed by atoms with van der Waals surface area (Å²) >= 11 is 1.53. The van der Waals surface area contributed by atoms with Crippen LogP contribution in [0.4, 0.5) is 0 Å². The van der Waals surface area contributed by atoms with Crippen LogP contribution in [-0.4, -0.2) is 29.1 Å². The SMILES string of the molecule is Cc1cscc1C(=O)N(CCO)Cc1ccccc1. The van der Waals surface area contributed by atoms with Crippen molar-refractivity contribution in [2.45, 2.75) is 13.5 Å². The zero-order valence-corrected chi connectivity index (χ0v) is 11.7. The van der Waals surface area contributed by atoms with Gasteiger partial charge in [-0.25, -0.2) is 0 Å². The minimum atomic E-state index is -0.0260. The van der Waals surface area contributed by atoms with Crippen molar-refractivity contribution in [2.24, 2.45) is 0 Å². The van der Waals surface area contributed by atoms with Gasteiger partial charge in [-0.3, -0.25) is 4.79 Å². The Labute approximate surface area is 117 Å². The van der Waals surface area contributed by atoms with E-state index in [0.717, 1.165) is 16.7 Å². The second-order valence-corrected chi connectivity index (χ2v) is 5.15. The summed E-state index contributed by atoms with van der Waals surface area (Å²) in [6.07, 6.45) is 0. The number of aliphatic hydroxyl groups is 1. The third-order valence-corrected chi connectivity index (χ3v) is 3.82. The molecular formula is C15H17NO2S. The molecule has 1 amide bonds. The van der Waals surface area contributed by atoms with Gasteiger partial charge in [0, 0.05) is 18.5 Å². The van der Waals surface area contributed by atoms with Crippen LogP contribution in [0.3, 0.4) is 0 Å². The van der Waals surface area contributed by atoms with Gasteiger partial charge in [0.1, 0.15) is 0 Å². The first-order valence-electron chi connectivity index (χ1n) is 6.19. The van der Waals surface area contributed by atoms with Crippen molar-refractivity contribution in [3.05, 3.63) is 57.8 Å². The third-order valence-electron chi connectivity index (χ3n) is 2.96. The van der Waals surface area contributed by atoms with Crippen molar-refractivity contribution < 1.29 is 9.90 Å². The Morgan fingerprint density at radius 3 is 2.58 bits per heavy atom. The molecule has 0 fully saturated rings. The molecule has 3 nitrogen and oxygen atoms in total. The second-order valence-electron chi connectivity index (χ2n) is 4.40. The van der Waals surface area contributed by atoms with Crippen LogP contribution in [0.5, 0.6) is 0 Å². The normalized spacial score (nSPS) is 10.4. The van der Waals surface area contributed by atoms with Crippen molar-refractivity contribution in [3.8, 4) is 0 Å². The number of nitrogens with zero attached hydrogens (tertiary/aromatic N) is 1. The van der Waals surface area contributed by atoms with Gasteiger partial charge in [-0.15, -0.1) is 0 Å². The van der Waals surface area contributed by atoms with E-state index in [1.165, 1.54) is 11.3 Å². The van der Waals surface area contributed by atoms with Crippen LogP contribution >= 0.6 is 11.3 Å². The zero-order chi connectivity index (χ0) is 13.7. The Bertz CT molecular complexity index is 536. The van der Waals surface area contributed by atoms with Gasteiger partial charge in [-0.1, -0.05) is 30.3 Å². The van der Waals surface area contributed by atoms with Crippen LogP contribution in [0.15, 0.2) is 41.1 Å². The molecule has 0 atom stereocenters. The summed E-state index contributed by atoms with van der Waals surface area (Å²) in [5.74, 6) is -0.0170. The molecule has 1 N–H and O–H groups in total. The van der Waals surface area contributed by atoms with Gasteiger partial charge in [0.15, 0.2) is 0 Å². The lowest BCUT2D eigenvalue weighted by molar-refractivity contribution is 0.0707.